The van der Waals surface area contributed by atoms with E-state index in [4.69, 9.17) is 0 Å². The molecule has 3 aliphatic heterocycles. The van der Waals surface area contributed by atoms with Gasteiger partial charge in [0.15, 0.2) is 0 Å². The fourth-order valence-corrected chi connectivity index (χ4v) is 4.38. The van der Waals surface area contributed by atoms with E-state index < -0.39 is 0 Å². The van der Waals surface area contributed by atoms with Crippen molar-refractivity contribution in [2.45, 2.75) is 64.0 Å². The van der Waals surface area contributed by atoms with Gasteiger partial charge >= 0.3 is 0 Å². The second-order valence-electron chi connectivity index (χ2n) is 6.37. The Bertz CT molecular complexity index is 237. The van der Waals surface area contributed by atoms with Gasteiger partial charge in [0.25, 0.3) is 0 Å². The quantitative estimate of drug-likeness (QED) is 0.691. The van der Waals surface area contributed by atoms with Crippen molar-refractivity contribution >= 4 is 0 Å². The Kier molecular flexibility index (Phi) is 3.72. The lowest BCUT2D eigenvalue weighted by Crippen LogP contribution is -2.46. The van der Waals surface area contributed by atoms with Crippen LogP contribution in [0.5, 0.6) is 0 Å². The molecule has 98 valence electrons. The third kappa shape index (κ3) is 2.39. The molecule has 0 aromatic carbocycles. The van der Waals surface area contributed by atoms with Crippen LogP contribution < -0.4 is 0 Å². The largest absolute Gasteiger partial charge is 0.299 e. The molecule has 0 aromatic rings. The van der Waals surface area contributed by atoms with E-state index in [1.165, 1.54) is 71.1 Å². The van der Waals surface area contributed by atoms with Crippen molar-refractivity contribution in [3.8, 4) is 0 Å². The minimum atomic E-state index is 0.890. The van der Waals surface area contributed by atoms with Crippen LogP contribution in [0.4, 0.5) is 0 Å². The molecule has 3 unspecified atom stereocenters. The molecule has 0 spiro atoms. The van der Waals surface area contributed by atoms with Gasteiger partial charge in [-0.05, 0) is 44.7 Å². The van der Waals surface area contributed by atoms with Crippen LogP contribution in [0.3, 0.4) is 0 Å². The fourth-order valence-electron chi connectivity index (χ4n) is 4.38. The highest BCUT2D eigenvalue weighted by atomic mass is 15.3. The molecule has 3 heterocycles. The lowest BCUT2D eigenvalue weighted by molar-refractivity contribution is 0.105. The highest BCUT2D eigenvalue weighted by molar-refractivity contribution is 4.93. The SMILES string of the molecule is CCC1CN2CCCCC2CN2CCCCC12. The van der Waals surface area contributed by atoms with Gasteiger partial charge in [-0.3, -0.25) is 9.80 Å². The minimum absolute atomic E-state index is 0.890. The van der Waals surface area contributed by atoms with Crippen molar-refractivity contribution in [3.63, 3.8) is 0 Å². The van der Waals surface area contributed by atoms with E-state index in [-0.39, 0.29) is 0 Å². The first-order valence-corrected chi connectivity index (χ1v) is 7.86. The lowest BCUT2D eigenvalue weighted by Gasteiger charge is -2.38. The summed E-state index contributed by atoms with van der Waals surface area (Å²) in [5.41, 5.74) is 0. The molecule has 3 rings (SSSR count). The van der Waals surface area contributed by atoms with Crippen molar-refractivity contribution in [2.75, 3.05) is 26.2 Å². The first kappa shape index (κ1) is 12.0. The molecule has 2 heteroatoms. The Hall–Kier alpha value is -0.0800. The van der Waals surface area contributed by atoms with Crippen LogP contribution in [-0.2, 0) is 0 Å². The van der Waals surface area contributed by atoms with Gasteiger partial charge in [-0.2, -0.15) is 0 Å². The number of rotatable bonds is 1. The Labute approximate surface area is 106 Å². The lowest BCUT2D eigenvalue weighted by atomic mass is 9.88. The Morgan fingerprint density at radius 3 is 2.47 bits per heavy atom. The first-order valence-electron chi connectivity index (χ1n) is 7.86. The monoisotopic (exact) mass is 236 g/mol. The van der Waals surface area contributed by atoms with Crippen LogP contribution in [0.25, 0.3) is 0 Å². The number of nitrogens with zero attached hydrogens (tertiary/aromatic N) is 2. The van der Waals surface area contributed by atoms with Gasteiger partial charge in [0.1, 0.15) is 0 Å². The van der Waals surface area contributed by atoms with E-state index in [0.717, 1.165) is 18.0 Å². The van der Waals surface area contributed by atoms with Gasteiger partial charge in [-0.1, -0.05) is 26.2 Å². The number of fused-ring (bicyclic) bond motifs is 2. The zero-order valence-electron chi connectivity index (χ0n) is 11.4. The summed E-state index contributed by atoms with van der Waals surface area (Å²) in [4.78, 5) is 5.68. The molecule has 3 fully saturated rings. The molecule has 3 aliphatic rings. The van der Waals surface area contributed by atoms with Crippen LogP contribution in [0.1, 0.15) is 51.9 Å². The molecular weight excluding hydrogens is 208 g/mol. The zero-order valence-corrected chi connectivity index (χ0v) is 11.4. The molecule has 3 saturated heterocycles. The molecule has 0 amide bonds. The van der Waals surface area contributed by atoms with Crippen molar-refractivity contribution in [3.05, 3.63) is 0 Å². The van der Waals surface area contributed by atoms with Crippen molar-refractivity contribution in [2.24, 2.45) is 5.92 Å². The van der Waals surface area contributed by atoms with E-state index in [0.29, 0.717) is 0 Å². The highest BCUT2D eigenvalue weighted by Crippen LogP contribution is 2.32. The van der Waals surface area contributed by atoms with Gasteiger partial charge in [0.2, 0.25) is 0 Å². The average Bonchev–Trinajstić information content (AvgIpc) is 2.54. The van der Waals surface area contributed by atoms with Crippen LogP contribution in [0, 0.1) is 5.92 Å². The summed E-state index contributed by atoms with van der Waals surface area (Å²) in [7, 11) is 0. The molecular formula is C15H28N2. The average molecular weight is 236 g/mol. The van der Waals surface area contributed by atoms with Gasteiger partial charge in [-0.25, -0.2) is 0 Å². The maximum Gasteiger partial charge on any atom is 0.0223 e. The fraction of sp³-hybridized carbons (Fsp3) is 1.00. The van der Waals surface area contributed by atoms with Crippen molar-refractivity contribution < 1.29 is 0 Å². The molecule has 0 aliphatic carbocycles. The Morgan fingerprint density at radius 1 is 0.882 bits per heavy atom. The topological polar surface area (TPSA) is 6.48 Å². The van der Waals surface area contributed by atoms with E-state index >= 15 is 0 Å². The maximum absolute atomic E-state index is 2.85. The second-order valence-corrected chi connectivity index (χ2v) is 6.37. The molecule has 0 N–H and O–H groups in total. The Balaban J connectivity index is 1.77. The Morgan fingerprint density at radius 2 is 1.65 bits per heavy atom. The first-order chi connectivity index (χ1) is 8.38. The van der Waals surface area contributed by atoms with Gasteiger partial charge < -0.3 is 0 Å². The molecule has 0 saturated carbocycles. The van der Waals surface area contributed by atoms with E-state index in [2.05, 4.69) is 16.7 Å². The molecule has 2 nitrogen and oxygen atoms in total. The number of hydrogen-bond donors (Lipinski definition) is 0. The smallest absolute Gasteiger partial charge is 0.0223 e. The summed E-state index contributed by atoms with van der Waals surface area (Å²) in [6, 6.07) is 1.81. The van der Waals surface area contributed by atoms with E-state index in [9.17, 15) is 0 Å². The van der Waals surface area contributed by atoms with Gasteiger partial charge in [0.05, 0.1) is 0 Å². The number of hydrogen-bond acceptors (Lipinski definition) is 2. The maximum atomic E-state index is 2.85. The summed E-state index contributed by atoms with van der Waals surface area (Å²) in [6.07, 6.45) is 10.1. The summed E-state index contributed by atoms with van der Waals surface area (Å²) in [5, 5.41) is 0. The van der Waals surface area contributed by atoms with Crippen LogP contribution in [0.2, 0.25) is 0 Å². The van der Waals surface area contributed by atoms with Gasteiger partial charge in [-0.15, -0.1) is 0 Å². The molecule has 0 aromatic heterocycles. The second kappa shape index (κ2) is 5.27. The normalized spacial score (nSPS) is 40.4. The summed E-state index contributed by atoms with van der Waals surface area (Å²) < 4.78 is 0. The van der Waals surface area contributed by atoms with Crippen LogP contribution >= 0.6 is 0 Å². The molecule has 0 radical (unpaired) electrons. The molecule has 0 bridgehead atoms. The predicted octanol–water partition coefficient (Wildman–Crippen LogP) is 2.74. The number of piperidine rings is 2. The summed E-state index contributed by atoms with van der Waals surface area (Å²) in [6.45, 7) is 7.93. The van der Waals surface area contributed by atoms with Gasteiger partial charge in [0, 0.05) is 25.2 Å². The molecule has 17 heavy (non-hydrogen) atoms. The van der Waals surface area contributed by atoms with Crippen LogP contribution in [-0.4, -0.2) is 48.1 Å². The molecule has 3 atom stereocenters. The predicted molar refractivity (Wildman–Crippen MR) is 72.2 cm³/mol. The third-order valence-corrected chi connectivity index (χ3v) is 5.40. The zero-order chi connectivity index (χ0) is 11.7. The van der Waals surface area contributed by atoms with Crippen molar-refractivity contribution in [1.29, 1.82) is 0 Å². The standard InChI is InChI=1S/C15H28N2/c1-2-13-11-16-9-5-3-7-14(16)12-17-10-6-4-8-15(13)17/h13-15H,2-12H2,1H3. The third-order valence-electron chi connectivity index (χ3n) is 5.40. The minimum Gasteiger partial charge on any atom is -0.299 e. The highest BCUT2D eigenvalue weighted by Gasteiger charge is 2.37. The van der Waals surface area contributed by atoms with Crippen molar-refractivity contribution in [1.82, 2.24) is 9.80 Å². The summed E-state index contributed by atoms with van der Waals surface area (Å²) in [5.74, 6) is 0.943. The summed E-state index contributed by atoms with van der Waals surface area (Å²) >= 11 is 0. The van der Waals surface area contributed by atoms with E-state index in [1.807, 2.05) is 0 Å². The van der Waals surface area contributed by atoms with E-state index in [1.54, 1.807) is 0 Å². The van der Waals surface area contributed by atoms with Crippen LogP contribution in [0.15, 0.2) is 0 Å².